The molecule has 0 unspecified atom stereocenters. The van der Waals surface area contributed by atoms with Gasteiger partial charge in [0.15, 0.2) is 17.1 Å². The Labute approximate surface area is 125 Å². The van der Waals surface area contributed by atoms with Crippen molar-refractivity contribution in [2.45, 2.75) is 6.61 Å². The van der Waals surface area contributed by atoms with Gasteiger partial charge in [-0.1, -0.05) is 23.7 Å². The molecule has 1 N–H and O–H groups in total. The van der Waals surface area contributed by atoms with Crippen molar-refractivity contribution in [2.75, 3.05) is 0 Å². The van der Waals surface area contributed by atoms with Gasteiger partial charge >= 0.3 is 5.97 Å². The van der Waals surface area contributed by atoms with Crippen molar-refractivity contribution < 1.29 is 14.6 Å². The molecule has 0 fully saturated rings. The summed E-state index contributed by atoms with van der Waals surface area (Å²) in [6.45, 7) is 0.329. The van der Waals surface area contributed by atoms with Crippen molar-refractivity contribution in [3.63, 3.8) is 0 Å². The molecule has 0 aliphatic carbocycles. The first-order valence-corrected chi connectivity index (χ1v) is 6.59. The third kappa shape index (κ3) is 2.83. The first kappa shape index (κ1) is 13.5. The third-order valence-electron chi connectivity index (χ3n) is 2.95. The maximum atomic E-state index is 11.0. The normalized spacial score (nSPS) is 10.7. The number of aromatic carboxylic acids is 1. The van der Waals surface area contributed by atoms with Crippen LogP contribution in [0, 0.1) is 0 Å². The van der Waals surface area contributed by atoms with Crippen molar-refractivity contribution in [3.05, 3.63) is 65.1 Å². The van der Waals surface area contributed by atoms with Gasteiger partial charge in [0.1, 0.15) is 6.61 Å². The summed E-state index contributed by atoms with van der Waals surface area (Å²) in [4.78, 5) is 15.0. The van der Waals surface area contributed by atoms with Crippen molar-refractivity contribution in [1.29, 1.82) is 0 Å². The van der Waals surface area contributed by atoms with Gasteiger partial charge in [0.25, 0.3) is 0 Å². The van der Waals surface area contributed by atoms with Crippen LogP contribution in [0.2, 0.25) is 5.02 Å². The third-order valence-corrected chi connectivity index (χ3v) is 3.18. The van der Waals surface area contributed by atoms with Crippen LogP contribution in [-0.4, -0.2) is 20.5 Å². The zero-order valence-electron chi connectivity index (χ0n) is 10.9. The van der Waals surface area contributed by atoms with Crippen molar-refractivity contribution in [3.8, 4) is 5.75 Å². The SMILES string of the molecule is O=C(O)c1cn2cccc(OCc3cccc(Cl)c3)c2n1. The number of nitrogens with zero attached hydrogens (tertiary/aromatic N) is 2. The summed E-state index contributed by atoms with van der Waals surface area (Å²) < 4.78 is 7.34. The Hall–Kier alpha value is -2.53. The molecular weight excluding hydrogens is 292 g/mol. The molecule has 2 heterocycles. The van der Waals surface area contributed by atoms with E-state index in [1.165, 1.54) is 6.20 Å². The highest BCUT2D eigenvalue weighted by Gasteiger charge is 2.12. The lowest BCUT2D eigenvalue weighted by molar-refractivity contribution is 0.0691. The molecule has 21 heavy (non-hydrogen) atoms. The summed E-state index contributed by atoms with van der Waals surface area (Å²) in [6.07, 6.45) is 3.17. The molecule has 2 aromatic heterocycles. The maximum absolute atomic E-state index is 11.0. The number of fused-ring (bicyclic) bond motifs is 1. The first-order chi connectivity index (χ1) is 10.1. The van der Waals surface area contributed by atoms with Crippen LogP contribution in [0.5, 0.6) is 5.75 Å². The number of imidazole rings is 1. The molecule has 106 valence electrons. The fraction of sp³-hybridized carbons (Fsp3) is 0.0667. The van der Waals surface area contributed by atoms with E-state index < -0.39 is 5.97 Å². The van der Waals surface area contributed by atoms with E-state index in [9.17, 15) is 4.79 Å². The molecule has 0 saturated carbocycles. The summed E-state index contributed by atoms with van der Waals surface area (Å²) in [5.41, 5.74) is 1.38. The van der Waals surface area contributed by atoms with Crippen LogP contribution in [0.25, 0.3) is 5.65 Å². The quantitative estimate of drug-likeness (QED) is 0.803. The van der Waals surface area contributed by atoms with E-state index in [0.717, 1.165) is 5.56 Å². The molecule has 3 aromatic rings. The molecule has 0 saturated heterocycles. The number of carboxylic acid groups (broad SMARTS) is 1. The average molecular weight is 303 g/mol. The lowest BCUT2D eigenvalue weighted by atomic mass is 10.2. The number of carbonyl (C=O) groups is 1. The largest absolute Gasteiger partial charge is 0.485 e. The molecular formula is C15H11ClN2O3. The summed E-state index contributed by atoms with van der Waals surface area (Å²) in [7, 11) is 0. The first-order valence-electron chi connectivity index (χ1n) is 6.22. The number of halogens is 1. The van der Waals surface area contributed by atoms with E-state index in [4.69, 9.17) is 21.4 Å². The Kier molecular flexibility index (Phi) is 3.50. The summed E-state index contributed by atoms with van der Waals surface area (Å²) in [5, 5.41) is 9.63. The fourth-order valence-electron chi connectivity index (χ4n) is 1.99. The Morgan fingerprint density at radius 2 is 2.19 bits per heavy atom. The lowest BCUT2D eigenvalue weighted by Gasteiger charge is -2.07. The molecule has 1 aromatic carbocycles. The van der Waals surface area contributed by atoms with Gasteiger partial charge in [0, 0.05) is 17.4 Å². The Morgan fingerprint density at radius 3 is 2.95 bits per heavy atom. The van der Waals surface area contributed by atoms with Crippen molar-refractivity contribution in [1.82, 2.24) is 9.38 Å². The van der Waals surface area contributed by atoms with Gasteiger partial charge in [-0.3, -0.25) is 0 Å². The smallest absolute Gasteiger partial charge is 0.356 e. The molecule has 0 bridgehead atoms. The van der Waals surface area contributed by atoms with Gasteiger partial charge in [-0.25, -0.2) is 9.78 Å². The van der Waals surface area contributed by atoms with Crippen LogP contribution >= 0.6 is 11.6 Å². The van der Waals surface area contributed by atoms with Gasteiger partial charge in [-0.2, -0.15) is 0 Å². The molecule has 0 aliphatic rings. The zero-order valence-corrected chi connectivity index (χ0v) is 11.6. The van der Waals surface area contributed by atoms with Crippen LogP contribution < -0.4 is 4.74 Å². The Morgan fingerprint density at radius 1 is 1.33 bits per heavy atom. The number of hydrogen-bond donors (Lipinski definition) is 1. The van der Waals surface area contributed by atoms with Crippen molar-refractivity contribution in [2.24, 2.45) is 0 Å². The molecule has 0 spiro atoms. The van der Waals surface area contributed by atoms with Crippen molar-refractivity contribution >= 4 is 23.2 Å². The zero-order chi connectivity index (χ0) is 14.8. The highest BCUT2D eigenvalue weighted by molar-refractivity contribution is 6.30. The molecule has 5 nitrogen and oxygen atoms in total. The van der Waals surface area contributed by atoms with E-state index in [1.807, 2.05) is 18.2 Å². The predicted molar refractivity (Wildman–Crippen MR) is 77.9 cm³/mol. The number of benzene rings is 1. The topological polar surface area (TPSA) is 63.8 Å². The number of ether oxygens (including phenoxy) is 1. The van der Waals surface area contributed by atoms with Crippen LogP contribution in [0.1, 0.15) is 16.1 Å². The van der Waals surface area contributed by atoms with E-state index >= 15 is 0 Å². The van der Waals surface area contributed by atoms with E-state index in [-0.39, 0.29) is 5.69 Å². The van der Waals surface area contributed by atoms with Gasteiger partial charge < -0.3 is 14.2 Å². The molecule has 3 rings (SSSR count). The summed E-state index contributed by atoms with van der Waals surface area (Å²) in [6, 6.07) is 10.9. The minimum Gasteiger partial charge on any atom is -0.485 e. The molecule has 0 atom stereocenters. The van der Waals surface area contributed by atoms with Gasteiger partial charge in [-0.05, 0) is 29.8 Å². The highest BCUT2D eigenvalue weighted by atomic mass is 35.5. The molecule has 0 amide bonds. The molecule has 0 aliphatic heterocycles. The number of rotatable bonds is 4. The Balaban J connectivity index is 1.88. The van der Waals surface area contributed by atoms with Gasteiger partial charge in [0.2, 0.25) is 0 Å². The van der Waals surface area contributed by atoms with Crippen LogP contribution in [0.4, 0.5) is 0 Å². The second kappa shape index (κ2) is 5.46. The molecule has 0 radical (unpaired) electrons. The minimum atomic E-state index is -1.07. The average Bonchev–Trinajstić information content (AvgIpc) is 2.90. The monoisotopic (exact) mass is 302 g/mol. The summed E-state index contributed by atoms with van der Waals surface area (Å²) >= 11 is 5.92. The number of carboxylic acids is 1. The van der Waals surface area contributed by atoms with E-state index in [0.29, 0.717) is 23.0 Å². The highest BCUT2D eigenvalue weighted by Crippen LogP contribution is 2.21. The summed E-state index contributed by atoms with van der Waals surface area (Å²) in [5.74, 6) is -0.551. The standard InChI is InChI=1S/C15H11ClN2O3/c16-11-4-1-3-10(7-11)9-21-13-5-2-6-18-8-12(15(19)20)17-14(13)18/h1-8H,9H2,(H,19,20). The van der Waals surface area contributed by atoms with Gasteiger partial charge in [0.05, 0.1) is 0 Å². The fourth-order valence-corrected chi connectivity index (χ4v) is 2.20. The van der Waals surface area contributed by atoms with E-state index in [1.54, 1.807) is 28.8 Å². The van der Waals surface area contributed by atoms with Crippen LogP contribution in [-0.2, 0) is 6.61 Å². The second-order valence-corrected chi connectivity index (χ2v) is 4.89. The number of aromatic nitrogens is 2. The molecule has 6 heteroatoms. The number of pyridine rings is 1. The van der Waals surface area contributed by atoms with Crippen LogP contribution in [0.3, 0.4) is 0 Å². The lowest BCUT2D eigenvalue weighted by Crippen LogP contribution is -1.98. The second-order valence-electron chi connectivity index (χ2n) is 4.45. The van der Waals surface area contributed by atoms with E-state index in [2.05, 4.69) is 4.98 Å². The maximum Gasteiger partial charge on any atom is 0.356 e. The van der Waals surface area contributed by atoms with Gasteiger partial charge in [-0.15, -0.1) is 0 Å². The number of hydrogen-bond acceptors (Lipinski definition) is 3. The predicted octanol–water partition coefficient (Wildman–Crippen LogP) is 3.26. The van der Waals surface area contributed by atoms with Crippen LogP contribution in [0.15, 0.2) is 48.8 Å². The minimum absolute atomic E-state index is 0.0196. The Bertz CT molecular complexity index is 814.